The van der Waals surface area contributed by atoms with Crippen molar-refractivity contribution >= 4 is 0 Å². The highest BCUT2D eigenvalue weighted by atomic mass is 16.7. The van der Waals surface area contributed by atoms with E-state index in [1.54, 1.807) is 36.4 Å². The van der Waals surface area contributed by atoms with Crippen LogP contribution in [-0.4, -0.2) is 56.3 Å². The number of likely N-dealkylation sites (N-methyl/N-ethyl adjacent to an activating group) is 2. The van der Waals surface area contributed by atoms with Gasteiger partial charge >= 0.3 is 0 Å². The Hall–Kier alpha value is -2.16. The van der Waals surface area contributed by atoms with Gasteiger partial charge in [-0.2, -0.15) is 0 Å². The van der Waals surface area contributed by atoms with Gasteiger partial charge in [0.15, 0.2) is 6.79 Å². The van der Waals surface area contributed by atoms with E-state index < -0.39 is 25.2 Å². The first-order chi connectivity index (χ1) is 14.5. The largest absolute Gasteiger partial charge is 0.508 e. The normalized spacial score (nSPS) is 15.9. The van der Waals surface area contributed by atoms with Gasteiger partial charge in [-0.15, -0.1) is 0 Å². The van der Waals surface area contributed by atoms with E-state index >= 15 is 0 Å². The lowest BCUT2D eigenvalue weighted by Gasteiger charge is -2.12. The second kappa shape index (κ2) is 13.1. The molecule has 150 valence electrons. The summed E-state index contributed by atoms with van der Waals surface area (Å²) in [5.74, 6) is 0.531. The molecule has 7 heteroatoms. The van der Waals surface area contributed by atoms with Crippen LogP contribution in [0.4, 0.5) is 0 Å². The molecule has 2 unspecified atom stereocenters. The van der Waals surface area contributed by atoms with Crippen LogP contribution in [0.2, 0.25) is 0 Å². The molecule has 7 nitrogen and oxygen atoms in total. The molecular weight excluding hydrogens is 348 g/mol. The fraction of sp³-hybridized carbons (Fsp3) is 0.400. The van der Waals surface area contributed by atoms with Crippen LogP contribution in [0.15, 0.2) is 48.5 Å². The number of aliphatic hydroxyl groups excluding tert-OH is 2. The number of hydrogen-bond acceptors (Lipinski definition) is 7. The summed E-state index contributed by atoms with van der Waals surface area (Å²) in [7, 11) is 4.39. The van der Waals surface area contributed by atoms with Gasteiger partial charge in [-0.3, -0.25) is 0 Å². The highest BCUT2D eigenvalue weighted by Crippen LogP contribution is 2.19. The Morgan fingerprint density at radius 1 is 0.963 bits per heavy atom. The molecule has 5 N–H and O–H groups in total. The number of nitrogens with one attached hydrogen (secondary N) is 2. The number of hydrogen-bond donors (Lipinski definition) is 5. The second-order valence-corrected chi connectivity index (χ2v) is 5.31. The summed E-state index contributed by atoms with van der Waals surface area (Å²) in [4.78, 5) is 0. The third kappa shape index (κ3) is 8.85. The molecule has 0 saturated heterocycles. The minimum absolute atomic E-state index is 0.00783. The molecular formula is C20H30N2O5. The summed E-state index contributed by atoms with van der Waals surface area (Å²) < 4.78 is 39.9. The van der Waals surface area contributed by atoms with Crippen molar-refractivity contribution in [3.05, 3.63) is 59.7 Å². The number of phenols is 1. The zero-order valence-corrected chi connectivity index (χ0v) is 15.6. The highest BCUT2D eigenvalue weighted by Gasteiger charge is 2.07. The first kappa shape index (κ1) is 17.0. The quantitative estimate of drug-likeness (QED) is 0.420. The van der Waals surface area contributed by atoms with Gasteiger partial charge in [-0.25, -0.2) is 0 Å². The van der Waals surface area contributed by atoms with Gasteiger partial charge in [0.1, 0.15) is 11.5 Å². The second-order valence-electron chi connectivity index (χ2n) is 5.31. The molecule has 0 fully saturated rings. The van der Waals surface area contributed by atoms with Crippen LogP contribution in [0.5, 0.6) is 11.5 Å². The molecule has 2 aromatic carbocycles. The predicted molar refractivity (Wildman–Crippen MR) is 105 cm³/mol. The van der Waals surface area contributed by atoms with E-state index in [0.717, 1.165) is 0 Å². The zero-order chi connectivity index (χ0) is 23.7. The molecule has 0 amide bonds. The maximum absolute atomic E-state index is 9.87. The van der Waals surface area contributed by atoms with Gasteiger partial charge in [0, 0.05) is 25.6 Å². The summed E-state index contributed by atoms with van der Waals surface area (Å²) in [6.07, 6.45) is -2.57. The molecule has 0 aliphatic carbocycles. The minimum atomic E-state index is -1.91. The Morgan fingerprint density at radius 2 is 1.52 bits per heavy atom. The van der Waals surface area contributed by atoms with Crippen molar-refractivity contribution in [1.29, 1.82) is 0 Å². The number of aromatic hydroxyl groups is 1. The lowest BCUT2D eigenvalue weighted by atomic mass is 10.1. The maximum atomic E-state index is 9.87. The summed E-state index contributed by atoms with van der Waals surface area (Å²) in [6, 6.07) is 12.5. The van der Waals surface area contributed by atoms with Crippen molar-refractivity contribution in [2.24, 2.45) is 0 Å². The molecule has 0 bridgehead atoms. The molecule has 0 spiro atoms. The van der Waals surface area contributed by atoms with Crippen LogP contribution >= 0.6 is 0 Å². The van der Waals surface area contributed by atoms with E-state index in [9.17, 15) is 10.2 Å². The van der Waals surface area contributed by atoms with E-state index in [1.165, 1.54) is 33.3 Å². The molecule has 2 aromatic rings. The molecule has 0 aliphatic rings. The molecule has 0 aliphatic heterocycles. The Labute approximate surface area is 166 Å². The molecule has 0 saturated carbocycles. The number of aliphatic hydroxyl groups is 2. The van der Waals surface area contributed by atoms with Crippen LogP contribution in [0.25, 0.3) is 0 Å². The van der Waals surface area contributed by atoms with Crippen molar-refractivity contribution in [2.75, 3.05) is 41.0 Å². The first-order valence-electron chi connectivity index (χ1n) is 10.2. The molecule has 0 heterocycles. The van der Waals surface area contributed by atoms with Gasteiger partial charge in [-0.05, 0) is 49.5 Å². The standard InChI is InChI=1S/C11H17NO3.C9H13NO2/c1-12-7-11(13)9-4-3-5-10(6-9)15-8-14-2;1-10-6-9(12)7-3-2-4-8(11)5-7/h3-6,11-13H,7-8H2,1-2H3;2-5,9-12H,6H2,1H3/i7D2;6D2. The van der Waals surface area contributed by atoms with E-state index in [0.29, 0.717) is 16.9 Å². The zero-order valence-electron chi connectivity index (χ0n) is 19.6. The number of methoxy groups -OCH3 is 1. The van der Waals surface area contributed by atoms with E-state index in [2.05, 4.69) is 10.6 Å². The fourth-order valence-corrected chi connectivity index (χ4v) is 2.04. The van der Waals surface area contributed by atoms with Crippen LogP contribution < -0.4 is 15.4 Å². The highest BCUT2D eigenvalue weighted by molar-refractivity contribution is 5.30. The lowest BCUT2D eigenvalue weighted by Crippen LogP contribution is -2.16. The van der Waals surface area contributed by atoms with Gasteiger partial charge < -0.3 is 35.4 Å². The van der Waals surface area contributed by atoms with E-state index in [4.69, 9.17) is 20.1 Å². The maximum Gasteiger partial charge on any atom is 0.188 e. The molecule has 2 rings (SSSR count). The number of phenolic OH excluding ortho intramolecular Hbond substituents is 1. The third-order valence-corrected chi connectivity index (χ3v) is 3.27. The van der Waals surface area contributed by atoms with E-state index in [-0.39, 0.29) is 12.5 Å². The predicted octanol–water partition coefficient (Wildman–Crippen LogP) is 1.57. The Morgan fingerprint density at radius 3 is 2.04 bits per heavy atom. The van der Waals surface area contributed by atoms with Crippen molar-refractivity contribution in [2.45, 2.75) is 12.2 Å². The molecule has 0 aromatic heterocycles. The van der Waals surface area contributed by atoms with E-state index in [1.807, 2.05) is 0 Å². The van der Waals surface area contributed by atoms with Gasteiger partial charge in [-0.1, -0.05) is 24.3 Å². The smallest absolute Gasteiger partial charge is 0.188 e. The average Bonchev–Trinajstić information content (AvgIpc) is 2.77. The number of rotatable bonds is 9. The lowest BCUT2D eigenvalue weighted by molar-refractivity contribution is 0.0508. The van der Waals surface area contributed by atoms with Crippen molar-refractivity contribution < 1.29 is 30.3 Å². The fourth-order valence-electron chi connectivity index (χ4n) is 2.04. The van der Waals surface area contributed by atoms with Gasteiger partial charge in [0.25, 0.3) is 0 Å². The van der Waals surface area contributed by atoms with Crippen LogP contribution in [0.1, 0.15) is 28.8 Å². The third-order valence-electron chi connectivity index (χ3n) is 3.27. The Kier molecular flexibility index (Phi) is 8.22. The first-order valence-corrected chi connectivity index (χ1v) is 8.23. The van der Waals surface area contributed by atoms with Gasteiger partial charge in [0.05, 0.1) is 12.2 Å². The minimum Gasteiger partial charge on any atom is -0.508 e. The number of ether oxygens (including phenoxy) is 2. The molecule has 27 heavy (non-hydrogen) atoms. The van der Waals surface area contributed by atoms with Crippen LogP contribution in [0, 0.1) is 0 Å². The van der Waals surface area contributed by atoms with Gasteiger partial charge in [0.2, 0.25) is 0 Å². The summed E-state index contributed by atoms with van der Waals surface area (Å²) in [6.45, 7) is -3.69. The molecule has 2 atom stereocenters. The Bertz CT molecular complexity index is 811. The van der Waals surface area contributed by atoms with Crippen molar-refractivity contribution in [3.8, 4) is 11.5 Å². The summed E-state index contributed by atoms with van der Waals surface area (Å²) in [5, 5.41) is 33.4. The SMILES string of the molecule is [2H]C([2H])(NC)C(O)c1cccc(O)c1.[2H]C([2H])(NC)C(O)c1cccc(OCOC)c1. The average molecular weight is 382 g/mol. The summed E-state index contributed by atoms with van der Waals surface area (Å²) >= 11 is 0. The van der Waals surface area contributed by atoms with Crippen LogP contribution in [0.3, 0.4) is 0 Å². The van der Waals surface area contributed by atoms with Crippen molar-refractivity contribution in [1.82, 2.24) is 10.6 Å². The van der Waals surface area contributed by atoms with Crippen LogP contribution in [-0.2, 0) is 4.74 Å². The summed E-state index contributed by atoms with van der Waals surface area (Å²) in [5.41, 5.74) is 0.780. The molecule has 0 radical (unpaired) electrons. The Balaban J connectivity index is 0.000000316. The topological polar surface area (TPSA) is 103 Å². The monoisotopic (exact) mass is 382 g/mol. The van der Waals surface area contributed by atoms with Crippen molar-refractivity contribution in [3.63, 3.8) is 0 Å². The number of benzene rings is 2.